The van der Waals surface area contributed by atoms with Gasteiger partial charge in [0.05, 0.1) is 43.0 Å². The molecule has 1 fully saturated rings. The van der Waals surface area contributed by atoms with Crippen LogP contribution < -0.4 is 19.1 Å². The van der Waals surface area contributed by atoms with Gasteiger partial charge < -0.3 is 19.3 Å². The fourth-order valence-electron chi connectivity index (χ4n) is 4.43. The van der Waals surface area contributed by atoms with Crippen LogP contribution in [0.1, 0.15) is 29.7 Å². The molecule has 1 N–H and O–H groups in total. The van der Waals surface area contributed by atoms with E-state index in [1.54, 1.807) is 61.5 Å². The minimum atomic E-state index is -1.01. The number of anilines is 1. The van der Waals surface area contributed by atoms with E-state index in [2.05, 4.69) is 0 Å². The van der Waals surface area contributed by atoms with Gasteiger partial charge in [-0.3, -0.25) is 14.5 Å². The number of carbonyl (C=O) groups excluding carboxylic acids is 2. The number of aryl methyl sites for hydroxylation is 1. The van der Waals surface area contributed by atoms with Crippen molar-refractivity contribution in [3.8, 4) is 17.2 Å². The molecular formula is C28H25Cl2NO6. The van der Waals surface area contributed by atoms with Crippen LogP contribution in [-0.4, -0.2) is 37.6 Å². The third-order valence-corrected chi connectivity index (χ3v) is 6.50. The summed E-state index contributed by atoms with van der Waals surface area (Å²) < 4.78 is 16.6. The Balaban J connectivity index is 2.03. The summed E-state index contributed by atoms with van der Waals surface area (Å²) in [6.07, 6.45) is 0. The van der Waals surface area contributed by atoms with Gasteiger partial charge >= 0.3 is 0 Å². The van der Waals surface area contributed by atoms with Gasteiger partial charge in [-0.15, -0.1) is 0 Å². The van der Waals surface area contributed by atoms with Crippen LogP contribution in [0.3, 0.4) is 0 Å². The standard InChI is InChI=1S/C28H25Cl2NO6/c1-5-37-22-13-16(9-10-21(22)35-3)24-23(25(32)19-11-15(2)12-20(30)27(19)36-4)26(33)28(34)31(24)18-8-6-7-17(29)14-18/h6-14,24,32H,5H2,1-4H3/b25-23+. The minimum Gasteiger partial charge on any atom is -0.507 e. The Bertz CT molecular complexity index is 1420. The van der Waals surface area contributed by atoms with E-state index in [1.165, 1.54) is 19.1 Å². The van der Waals surface area contributed by atoms with Crippen molar-refractivity contribution in [1.29, 1.82) is 0 Å². The molecule has 0 aliphatic carbocycles. The lowest BCUT2D eigenvalue weighted by molar-refractivity contribution is -0.132. The highest BCUT2D eigenvalue weighted by Crippen LogP contribution is 2.46. The van der Waals surface area contributed by atoms with Crippen molar-refractivity contribution in [2.45, 2.75) is 19.9 Å². The molecule has 37 heavy (non-hydrogen) atoms. The quantitative estimate of drug-likeness (QED) is 0.213. The molecule has 1 aliphatic rings. The number of ether oxygens (including phenoxy) is 3. The number of nitrogens with zero attached hydrogens (tertiary/aromatic N) is 1. The second kappa shape index (κ2) is 10.7. The molecule has 1 saturated heterocycles. The molecule has 1 heterocycles. The van der Waals surface area contributed by atoms with E-state index in [1.807, 2.05) is 6.92 Å². The first kappa shape index (κ1) is 26.4. The summed E-state index contributed by atoms with van der Waals surface area (Å²) >= 11 is 12.6. The predicted octanol–water partition coefficient (Wildman–Crippen LogP) is 6.34. The molecule has 0 spiro atoms. The number of carbonyl (C=O) groups is 2. The Morgan fingerprint density at radius 1 is 1.00 bits per heavy atom. The number of benzene rings is 3. The average molecular weight is 542 g/mol. The predicted molar refractivity (Wildman–Crippen MR) is 143 cm³/mol. The monoisotopic (exact) mass is 541 g/mol. The van der Waals surface area contributed by atoms with Crippen LogP contribution in [0.25, 0.3) is 5.76 Å². The van der Waals surface area contributed by atoms with Gasteiger partial charge in [-0.2, -0.15) is 0 Å². The number of Topliss-reactive ketones (excluding diaryl/α,β-unsaturated/α-hetero) is 1. The molecule has 4 rings (SSSR count). The maximum atomic E-state index is 13.5. The van der Waals surface area contributed by atoms with E-state index in [0.29, 0.717) is 34.4 Å². The molecular weight excluding hydrogens is 517 g/mol. The van der Waals surface area contributed by atoms with E-state index in [-0.39, 0.29) is 21.9 Å². The van der Waals surface area contributed by atoms with Crippen molar-refractivity contribution in [3.63, 3.8) is 0 Å². The molecule has 1 atom stereocenters. The number of aliphatic hydroxyl groups is 1. The van der Waals surface area contributed by atoms with Crippen LogP contribution in [0.4, 0.5) is 5.69 Å². The highest BCUT2D eigenvalue weighted by atomic mass is 35.5. The van der Waals surface area contributed by atoms with Crippen molar-refractivity contribution in [2.24, 2.45) is 0 Å². The smallest absolute Gasteiger partial charge is 0.300 e. The second-order valence-corrected chi connectivity index (χ2v) is 9.16. The zero-order chi connectivity index (χ0) is 26.9. The maximum absolute atomic E-state index is 13.5. The third-order valence-electron chi connectivity index (χ3n) is 5.98. The highest BCUT2D eigenvalue weighted by Gasteiger charge is 2.47. The SMILES string of the molecule is CCOc1cc(C2/C(=C(\O)c3cc(C)cc(Cl)c3OC)C(=O)C(=O)N2c2cccc(Cl)c2)ccc1OC. The Labute approximate surface area is 224 Å². The molecule has 7 nitrogen and oxygen atoms in total. The van der Waals surface area contributed by atoms with Crippen LogP contribution in [0.15, 0.2) is 60.2 Å². The van der Waals surface area contributed by atoms with E-state index >= 15 is 0 Å². The number of halogens is 2. The lowest BCUT2D eigenvalue weighted by Crippen LogP contribution is -2.29. The lowest BCUT2D eigenvalue weighted by atomic mass is 9.94. The average Bonchev–Trinajstić information content (AvgIpc) is 3.13. The Kier molecular flexibility index (Phi) is 7.66. The molecule has 1 amide bonds. The van der Waals surface area contributed by atoms with Crippen LogP contribution in [0.2, 0.25) is 10.0 Å². The molecule has 0 aromatic heterocycles. The Morgan fingerprint density at radius 2 is 1.76 bits per heavy atom. The van der Waals surface area contributed by atoms with E-state index in [0.717, 1.165) is 5.56 Å². The van der Waals surface area contributed by atoms with Crippen molar-refractivity contribution in [2.75, 3.05) is 25.7 Å². The number of ketones is 1. The van der Waals surface area contributed by atoms with E-state index < -0.39 is 23.5 Å². The van der Waals surface area contributed by atoms with Gasteiger partial charge in [0.2, 0.25) is 0 Å². The van der Waals surface area contributed by atoms with Crippen molar-refractivity contribution in [1.82, 2.24) is 0 Å². The second-order valence-electron chi connectivity index (χ2n) is 8.32. The maximum Gasteiger partial charge on any atom is 0.300 e. The third kappa shape index (κ3) is 4.84. The molecule has 0 saturated carbocycles. The van der Waals surface area contributed by atoms with Gasteiger partial charge in [0, 0.05) is 10.7 Å². The van der Waals surface area contributed by atoms with Crippen molar-refractivity contribution in [3.05, 3.63) is 86.9 Å². The van der Waals surface area contributed by atoms with E-state index in [4.69, 9.17) is 37.4 Å². The minimum absolute atomic E-state index is 0.127. The first-order valence-corrected chi connectivity index (χ1v) is 12.2. The van der Waals surface area contributed by atoms with Gasteiger partial charge in [0.15, 0.2) is 11.5 Å². The Morgan fingerprint density at radius 3 is 2.41 bits per heavy atom. The van der Waals surface area contributed by atoms with Gasteiger partial charge in [-0.05, 0) is 67.4 Å². The summed E-state index contributed by atoms with van der Waals surface area (Å²) in [6.45, 7) is 3.99. The first-order valence-electron chi connectivity index (χ1n) is 11.4. The molecule has 3 aromatic carbocycles. The molecule has 1 unspecified atom stereocenters. The number of aliphatic hydroxyl groups excluding tert-OH is 1. The first-order chi connectivity index (χ1) is 17.7. The van der Waals surface area contributed by atoms with Crippen LogP contribution in [-0.2, 0) is 9.59 Å². The van der Waals surface area contributed by atoms with Crippen LogP contribution in [0.5, 0.6) is 17.2 Å². The lowest BCUT2D eigenvalue weighted by Gasteiger charge is -2.26. The largest absolute Gasteiger partial charge is 0.507 e. The summed E-state index contributed by atoms with van der Waals surface area (Å²) in [5, 5.41) is 12.2. The summed E-state index contributed by atoms with van der Waals surface area (Å²) in [5.74, 6) is -1.00. The summed E-state index contributed by atoms with van der Waals surface area (Å²) in [5.41, 5.74) is 1.71. The van der Waals surface area contributed by atoms with Crippen LogP contribution >= 0.6 is 23.2 Å². The molecule has 0 bridgehead atoms. The van der Waals surface area contributed by atoms with Crippen LogP contribution in [0, 0.1) is 6.92 Å². The van der Waals surface area contributed by atoms with Crippen molar-refractivity contribution >= 4 is 46.3 Å². The molecule has 3 aromatic rings. The van der Waals surface area contributed by atoms with Gasteiger partial charge in [-0.25, -0.2) is 0 Å². The van der Waals surface area contributed by atoms with Gasteiger partial charge in [0.25, 0.3) is 11.7 Å². The zero-order valence-electron chi connectivity index (χ0n) is 20.7. The topological polar surface area (TPSA) is 85.3 Å². The Hall–Kier alpha value is -3.68. The summed E-state index contributed by atoms with van der Waals surface area (Å²) in [4.78, 5) is 28.3. The number of rotatable bonds is 7. The van der Waals surface area contributed by atoms with Gasteiger partial charge in [-0.1, -0.05) is 35.3 Å². The zero-order valence-corrected chi connectivity index (χ0v) is 22.2. The highest BCUT2D eigenvalue weighted by molar-refractivity contribution is 6.52. The fraction of sp³-hybridized carbons (Fsp3) is 0.214. The molecule has 192 valence electrons. The normalized spacial score (nSPS) is 16.7. The molecule has 9 heteroatoms. The molecule has 1 aliphatic heterocycles. The van der Waals surface area contributed by atoms with E-state index in [9.17, 15) is 14.7 Å². The number of hydrogen-bond donors (Lipinski definition) is 1. The molecule has 0 radical (unpaired) electrons. The van der Waals surface area contributed by atoms with Gasteiger partial charge in [0.1, 0.15) is 11.5 Å². The fourth-order valence-corrected chi connectivity index (χ4v) is 4.96. The number of amides is 1. The number of methoxy groups -OCH3 is 2. The summed E-state index contributed by atoms with van der Waals surface area (Å²) in [7, 11) is 2.93. The number of hydrogen-bond acceptors (Lipinski definition) is 6. The van der Waals surface area contributed by atoms with Crippen molar-refractivity contribution < 1.29 is 28.9 Å². The summed E-state index contributed by atoms with van der Waals surface area (Å²) in [6, 6.07) is 14.0.